The molecule has 2 fully saturated rings. The Hall–Kier alpha value is -1.06. The smallest absolute Gasteiger partial charge is 0.227 e. The summed E-state index contributed by atoms with van der Waals surface area (Å²) in [6, 6.07) is 8.85. The van der Waals surface area contributed by atoms with Gasteiger partial charge in [0.15, 0.2) is 0 Å². The number of carbonyl (C=O) groups excluding carboxylic acids is 1. The maximum absolute atomic E-state index is 12.5. The zero-order chi connectivity index (χ0) is 15.7. The third kappa shape index (κ3) is 4.27. The van der Waals surface area contributed by atoms with Gasteiger partial charge in [-0.25, -0.2) is 0 Å². The fraction of sp³-hybridized carbons (Fsp3) is 0.632. The van der Waals surface area contributed by atoms with E-state index in [1.54, 1.807) is 0 Å². The number of amides is 1. The predicted molar refractivity (Wildman–Crippen MR) is 96.7 cm³/mol. The van der Waals surface area contributed by atoms with Gasteiger partial charge < -0.3 is 10.6 Å². The molecular weight excluding hydrogens is 308 g/mol. The number of rotatable bonds is 4. The van der Waals surface area contributed by atoms with Crippen molar-refractivity contribution in [1.29, 1.82) is 0 Å². The Morgan fingerprint density at radius 2 is 1.83 bits per heavy atom. The summed E-state index contributed by atoms with van der Waals surface area (Å²) in [5, 5.41) is 0. The number of hydrogen-bond acceptors (Lipinski definition) is 2. The van der Waals surface area contributed by atoms with E-state index < -0.39 is 0 Å². The standard InChI is InChI=1S/C19H28N2O.ClH/c1-13(2)9-14-3-5-15(6-4-14)10-19(22)21-11-16-7-8-18(20)17(16)12-21;/h3-6,13,16-18H,7-12,20H2,1-2H3;1H. The molecular formula is C19H29ClN2O. The van der Waals surface area contributed by atoms with Crippen molar-refractivity contribution in [3.8, 4) is 0 Å². The molecule has 1 aliphatic carbocycles. The summed E-state index contributed by atoms with van der Waals surface area (Å²) < 4.78 is 0. The molecule has 1 aromatic rings. The molecule has 1 saturated carbocycles. The second-order valence-corrected chi connectivity index (χ2v) is 7.56. The summed E-state index contributed by atoms with van der Waals surface area (Å²) >= 11 is 0. The van der Waals surface area contributed by atoms with Gasteiger partial charge in [-0.05, 0) is 48.1 Å². The topological polar surface area (TPSA) is 46.3 Å². The van der Waals surface area contributed by atoms with Crippen LogP contribution in [0, 0.1) is 17.8 Å². The van der Waals surface area contributed by atoms with Crippen LogP contribution in [0.25, 0.3) is 0 Å². The summed E-state index contributed by atoms with van der Waals surface area (Å²) in [6.07, 6.45) is 3.95. The molecule has 3 atom stereocenters. The van der Waals surface area contributed by atoms with Crippen LogP contribution >= 0.6 is 12.4 Å². The minimum atomic E-state index is 0. The molecule has 0 spiro atoms. The molecule has 1 aliphatic heterocycles. The molecule has 1 amide bonds. The minimum Gasteiger partial charge on any atom is -0.342 e. The zero-order valence-electron chi connectivity index (χ0n) is 14.2. The lowest BCUT2D eigenvalue weighted by atomic mass is 9.98. The van der Waals surface area contributed by atoms with E-state index in [0.29, 0.717) is 30.2 Å². The van der Waals surface area contributed by atoms with Gasteiger partial charge in [-0.2, -0.15) is 0 Å². The van der Waals surface area contributed by atoms with Crippen molar-refractivity contribution >= 4 is 18.3 Å². The summed E-state index contributed by atoms with van der Waals surface area (Å²) in [6.45, 7) is 6.25. The molecule has 3 nitrogen and oxygen atoms in total. The van der Waals surface area contributed by atoms with Gasteiger partial charge in [-0.15, -0.1) is 12.4 Å². The number of fused-ring (bicyclic) bond motifs is 1. The lowest BCUT2D eigenvalue weighted by molar-refractivity contribution is -0.129. The molecule has 2 N–H and O–H groups in total. The highest BCUT2D eigenvalue weighted by Gasteiger charge is 2.42. The average molecular weight is 337 g/mol. The van der Waals surface area contributed by atoms with Crippen LogP contribution in [0.3, 0.4) is 0 Å². The third-order valence-electron chi connectivity index (χ3n) is 5.29. The van der Waals surface area contributed by atoms with Crippen molar-refractivity contribution in [2.75, 3.05) is 13.1 Å². The first-order valence-corrected chi connectivity index (χ1v) is 8.64. The molecule has 1 heterocycles. The summed E-state index contributed by atoms with van der Waals surface area (Å²) in [7, 11) is 0. The van der Waals surface area contributed by atoms with Crippen molar-refractivity contribution in [2.24, 2.45) is 23.5 Å². The van der Waals surface area contributed by atoms with Gasteiger partial charge in [0, 0.05) is 19.1 Å². The first-order chi connectivity index (χ1) is 10.5. The lowest BCUT2D eigenvalue weighted by Gasteiger charge is -2.19. The maximum Gasteiger partial charge on any atom is 0.227 e. The average Bonchev–Trinajstić information content (AvgIpc) is 3.03. The van der Waals surface area contributed by atoms with Gasteiger partial charge in [0.25, 0.3) is 0 Å². The number of likely N-dealkylation sites (tertiary alicyclic amines) is 1. The van der Waals surface area contributed by atoms with Crippen LogP contribution in [0.4, 0.5) is 0 Å². The molecule has 2 aliphatic rings. The van der Waals surface area contributed by atoms with E-state index in [-0.39, 0.29) is 18.3 Å². The monoisotopic (exact) mass is 336 g/mol. The van der Waals surface area contributed by atoms with Crippen LogP contribution in [0.2, 0.25) is 0 Å². The second-order valence-electron chi connectivity index (χ2n) is 7.56. The zero-order valence-corrected chi connectivity index (χ0v) is 15.0. The Balaban J connectivity index is 0.00000192. The lowest BCUT2D eigenvalue weighted by Crippen LogP contribution is -2.34. The number of benzene rings is 1. The first-order valence-electron chi connectivity index (χ1n) is 8.64. The van der Waals surface area contributed by atoms with Crippen LogP contribution < -0.4 is 5.73 Å². The van der Waals surface area contributed by atoms with Crippen LogP contribution in [0.15, 0.2) is 24.3 Å². The largest absolute Gasteiger partial charge is 0.342 e. The van der Waals surface area contributed by atoms with Crippen LogP contribution in [-0.4, -0.2) is 29.9 Å². The van der Waals surface area contributed by atoms with Crippen LogP contribution in [0.5, 0.6) is 0 Å². The van der Waals surface area contributed by atoms with E-state index in [1.807, 2.05) is 4.90 Å². The highest BCUT2D eigenvalue weighted by Crippen LogP contribution is 2.37. The number of carbonyl (C=O) groups is 1. The molecule has 4 heteroatoms. The van der Waals surface area contributed by atoms with Crippen LogP contribution in [-0.2, 0) is 17.6 Å². The van der Waals surface area contributed by atoms with E-state index >= 15 is 0 Å². The number of hydrogen-bond donors (Lipinski definition) is 1. The highest BCUT2D eigenvalue weighted by atomic mass is 35.5. The van der Waals surface area contributed by atoms with E-state index in [4.69, 9.17) is 5.73 Å². The molecule has 0 bridgehead atoms. The van der Waals surface area contributed by atoms with Gasteiger partial charge in [0.2, 0.25) is 5.91 Å². The van der Waals surface area contributed by atoms with Crippen molar-refractivity contribution in [3.63, 3.8) is 0 Å². The third-order valence-corrected chi connectivity index (χ3v) is 5.29. The maximum atomic E-state index is 12.5. The van der Waals surface area contributed by atoms with Gasteiger partial charge in [-0.3, -0.25) is 4.79 Å². The van der Waals surface area contributed by atoms with Crippen molar-refractivity contribution in [1.82, 2.24) is 4.90 Å². The molecule has 128 valence electrons. The molecule has 3 unspecified atom stereocenters. The van der Waals surface area contributed by atoms with E-state index in [0.717, 1.165) is 31.5 Å². The SMILES string of the molecule is CC(C)Cc1ccc(CC(=O)N2CC3CCC(N)C3C2)cc1.Cl. The van der Waals surface area contributed by atoms with Gasteiger partial charge in [-0.1, -0.05) is 38.1 Å². The number of nitrogens with two attached hydrogens (primary N) is 1. The number of halogens is 1. The Morgan fingerprint density at radius 1 is 1.17 bits per heavy atom. The molecule has 1 saturated heterocycles. The summed E-state index contributed by atoms with van der Waals surface area (Å²) in [5.41, 5.74) is 8.63. The summed E-state index contributed by atoms with van der Waals surface area (Å²) in [5.74, 6) is 2.11. The Bertz CT molecular complexity index is 529. The Morgan fingerprint density at radius 3 is 2.43 bits per heavy atom. The fourth-order valence-corrected chi connectivity index (χ4v) is 4.06. The fourth-order valence-electron chi connectivity index (χ4n) is 4.06. The molecule has 0 radical (unpaired) electrons. The first kappa shape index (κ1) is 18.3. The molecule has 1 aromatic carbocycles. The minimum absolute atomic E-state index is 0. The Kier molecular flexibility index (Phi) is 6.10. The molecule has 23 heavy (non-hydrogen) atoms. The van der Waals surface area contributed by atoms with Crippen molar-refractivity contribution in [2.45, 2.75) is 45.6 Å². The molecule has 0 aromatic heterocycles. The van der Waals surface area contributed by atoms with E-state index in [1.165, 1.54) is 12.0 Å². The van der Waals surface area contributed by atoms with Crippen LogP contribution in [0.1, 0.15) is 37.8 Å². The second kappa shape index (κ2) is 7.67. The number of nitrogens with zero attached hydrogens (tertiary/aromatic N) is 1. The van der Waals surface area contributed by atoms with E-state index in [9.17, 15) is 4.79 Å². The summed E-state index contributed by atoms with van der Waals surface area (Å²) in [4.78, 5) is 14.5. The normalized spacial score (nSPS) is 26.3. The van der Waals surface area contributed by atoms with Gasteiger partial charge in [0.05, 0.1) is 6.42 Å². The predicted octanol–water partition coefficient (Wildman–Crippen LogP) is 3.05. The molecule has 3 rings (SSSR count). The Labute approximate surface area is 146 Å². The van der Waals surface area contributed by atoms with E-state index in [2.05, 4.69) is 38.1 Å². The van der Waals surface area contributed by atoms with Gasteiger partial charge in [0.1, 0.15) is 0 Å². The van der Waals surface area contributed by atoms with Crippen molar-refractivity contribution in [3.05, 3.63) is 35.4 Å². The highest BCUT2D eigenvalue weighted by molar-refractivity contribution is 5.85. The van der Waals surface area contributed by atoms with Gasteiger partial charge >= 0.3 is 0 Å². The quantitative estimate of drug-likeness (QED) is 0.918. The van der Waals surface area contributed by atoms with Crippen molar-refractivity contribution < 1.29 is 4.79 Å².